The van der Waals surface area contributed by atoms with E-state index in [1.165, 1.54) is 6.07 Å². The molecule has 0 fully saturated rings. The van der Waals surface area contributed by atoms with Crippen LogP contribution in [0.25, 0.3) is 0 Å². The van der Waals surface area contributed by atoms with Gasteiger partial charge in [-0.15, -0.1) is 0 Å². The van der Waals surface area contributed by atoms with Crippen molar-refractivity contribution in [2.45, 2.75) is 10.9 Å². The molecular weight excluding hydrogens is 345 g/mol. The van der Waals surface area contributed by atoms with Crippen LogP contribution in [0.5, 0.6) is 0 Å². The second kappa shape index (κ2) is 7.08. The molecule has 23 heavy (non-hydrogen) atoms. The summed E-state index contributed by atoms with van der Waals surface area (Å²) >= 11 is 5.61. The minimum absolute atomic E-state index is 0.0639. The van der Waals surface area contributed by atoms with E-state index < -0.39 is 32.7 Å². The lowest BCUT2D eigenvalue weighted by Gasteiger charge is -2.17. The standard InChI is InChI=1S/C15H13ClFNO4S/c1-22-15(19)14(10-5-3-2-4-6-10)18-23(20,21)13-8-7-11(16)9-12(13)17/h2-9,14,18H,1H3/t14-/m0/s1. The predicted octanol–water partition coefficient (Wildman–Crippen LogP) is 2.67. The highest BCUT2D eigenvalue weighted by Gasteiger charge is 2.29. The first-order chi connectivity index (χ1) is 10.8. The maximum Gasteiger partial charge on any atom is 0.328 e. The van der Waals surface area contributed by atoms with Crippen molar-refractivity contribution >= 4 is 27.6 Å². The molecule has 2 aromatic carbocycles. The van der Waals surface area contributed by atoms with E-state index in [0.29, 0.717) is 5.56 Å². The highest BCUT2D eigenvalue weighted by molar-refractivity contribution is 7.89. The third-order valence-corrected chi connectivity index (χ3v) is 4.72. The van der Waals surface area contributed by atoms with Gasteiger partial charge in [-0.2, -0.15) is 4.72 Å². The van der Waals surface area contributed by atoms with Gasteiger partial charge in [-0.25, -0.2) is 17.6 Å². The average Bonchev–Trinajstić information content (AvgIpc) is 2.52. The number of benzene rings is 2. The molecule has 0 saturated heterocycles. The van der Waals surface area contributed by atoms with Crippen molar-refractivity contribution < 1.29 is 22.3 Å². The van der Waals surface area contributed by atoms with Crippen LogP contribution >= 0.6 is 11.6 Å². The number of sulfonamides is 1. The van der Waals surface area contributed by atoms with Gasteiger partial charge >= 0.3 is 5.97 Å². The topological polar surface area (TPSA) is 72.5 Å². The largest absolute Gasteiger partial charge is 0.468 e. The molecule has 0 aliphatic rings. The molecular formula is C15H13ClFNO4S. The zero-order valence-corrected chi connectivity index (χ0v) is 13.6. The first-order valence-corrected chi connectivity index (χ1v) is 8.31. The van der Waals surface area contributed by atoms with E-state index in [1.54, 1.807) is 30.3 Å². The highest BCUT2D eigenvalue weighted by Crippen LogP contribution is 2.22. The van der Waals surface area contributed by atoms with E-state index in [9.17, 15) is 17.6 Å². The molecule has 0 aliphatic carbocycles. The van der Waals surface area contributed by atoms with Crippen LogP contribution in [-0.2, 0) is 19.6 Å². The number of halogens is 2. The smallest absolute Gasteiger partial charge is 0.328 e. The van der Waals surface area contributed by atoms with Gasteiger partial charge in [0.25, 0.3) is 0 Å². The van der Waals surface area contributed by atoms with Gasteiger partial charge < -0.3 is 4.74 Å². The molecule has 5 nitrogen and oxygen atoms in total. The number of nitrogens with one attached hydrogen (secondary N) is 1. The van der Waals surface area contributed by atoms with Crippen molar-refractivity contribution in [2.24, 2.45) is 0 Å². The second-order valence-electron chi connectivity index (χ2n) is 4.56. The van der Waals surface area contributed by atoms with Crippen LogP contribution in [0, 0.1) is 5.82 Å². The van der Waals surface area contributed by atoms with E-state index in [-0.39, 0.29) is 5.02 Å². The van der Waals surface area contributed by atoms with Gasteiger partial charge in [-0.05, 0) is 23.8 Å². The minimum atomic E-state index is -4.29. The number of hydrogen-bond acceptors (Lipinski definition) is 4. The Morgan fingerprint density at radius 1 is 1.22 bits per heavy atom. The maximum atomic E-state index is 13.9. The van der Waals surface area contributed by atoms with Gasteiger partial charge in [0.2, 0.25) is 10.0 Å². The molecule has 0 heterocycles. The van der Waals surface area contributed by atoms with Gasteiger partial charge in [-0.3, -0.25) is 0 Å². The Kier molecular flexibility index (Phi) is 5.35. The maximum absolute atomic E-state index is 13.9. The molecule has 0 aliphatic heterocycles. The molecule has 0 saturated carbocycles. The number of esters is 1. The molecule has 0 amide bonds. The van der Waals surface area contributed by atoms with Gasteiger partial charge in [-0.1, -0.05) is 41.9 Å². The molecule has 2 rings (SSSR count). The fourth-order valence-electron chi connectivity index (χ4n) is 1.93. The number of carbonyl (C=O) groups excluding carboxylic acids is 1. The second-order valence-corrected chi connectivity index (χ2v) is 6.68. The number of hydrogen-bond donors (Lipinski definition) is 1. The van der Waals surface area contributed by atoms with Crippen molar-refractivity contribution in [1.82, 2.24) is 4.72 Å². The first-order valence-electron chi connectivity index (χ1n) is 6.45. The zero-order chi connectivity index (χ0) is 17.0. The molecule has 0 aromatic heterocycles. The van der Waals surface area contributed by atoms with E-state index in [2.05, 4.69) is 9.46 Å². The Morgan fingerprint density at radius 2 is 1.87 bits per heavy atom. The quantitative estimate of drug-likeness (QED) is 0.835. The Balaban J connectivity index is 2.40. The summed E-state index contributed by atoms with van der Waals surface area (Å²) in [6.07, 6.45) is 0. The number of ether oxygens (including phenoxy) is 1. The fourth-order valence-corrected chi connectivity index (χ4v) is 3.32. The van der Waals surface area contributed by atoms with Crippen LogP contribution in [0.3, 0.4) is 0 Å². The van der Waals surface area contributed by atoms with E-state index in [1.807, 2.05) is 0 Å². The van der Waals surface area contributed by atoms with Crippen molar-refractivity contribution in [1.29, 1.82) is 0 Å². The molecule has 0 unspecified atom stereocenters. The molecule has 1 atom stereocenters. The van der Waals surface area contributed by atoms with Crippen LogP contribution in [0.1, 0.15) is 11.6 Å². The van der Waals surface area contributed by atoms with Crippen LogP contribution in [-0.4, -0.2) is 21.5 Å². The lowest BCUT2D eigenvalue weighted by molar-refractivity contribution is -0.142. The number of rotatable bonds is 5. The van der Waals surface area contributed by atoms with E-state index in [0.717, 1.165) is 19.2 Å². The van der Waals surface area contributed by atoms with Crippen LogP contribution < -0.4 is 4.72 Å². The van der Waals surface area contributed by atoms with Crippen molar-refractivity contribution in [3.63, 3.8) is 0 Å². The number of carbonyl (C=O) groups is 1. The summed E-state index contributed by atoms with van der Waals surface area (Å²) in [6, 6.07) is 9.97. The van der Waals surface area contributed by atoms with Crippen LogP contribution in [0.2, 0.25) is 5.02 Å². The monoisotopic (exact) mass is 357 g/mol. The normalized spacial score (nSPS) is 12.7. The molecule has 8 heteroatoms. The average molecular weight is 358 g/mol. The molecule has 0 radical (unpaired) electrons. The van der Waals surface area contributed by atoms with E-state index in [4.69, 9.17) is 11.6 Å². The summed E-state index contributed by atoms with van der Waals surface area (Å²) in [5.74, 6) is -1.82. The van der Waals surface area contributed by atoms with Gasteiger partial charge in [0.15, 0.2) is 0 Å². The van der Waals surface area contributed by atoms with Crippen molar-refractivity contribution in [3.8, 4) is 0 Å². The number of methoxy groups -OCH3 is 1. The lowest BCUT2D eigenvalue weighted by atomic mass is 10.1. The van der Waals surface area contributed by atoms with Crippen LogP contribution in [0.15, 0.2) is 53.4 Å². The Bertz CT molecular complexity index is 811. The summed E-state index contributed by atoms with van der Waals surface area (Å²) < 4.78 is 45.4. The molecule has 0 spiro atoms. The summed E-state index contributed by atoms with van der Waals surface area (Å²) in [7, 11) is -3.16. The highest BCUT2D eigenvalue weighted by atomic mass is 35.5. The minimum Gasteiger partial charge on any atom is -0.468 e. The van der Waals surface area contributed by atoms with Crippen molar-refractivity contribution in [3.05, 3.63) is 64.9 Å². The Hall–Kier alpha value is -1.96. The van der Waals surface area contributed by atoms with Gasteiger partial charge in [0, 0.05) is 5.02 Å². The SMILES string of the molecule is COC(=O)[C@@H](NS(=O)(=O)c1ccc(Cl)cc1F)c1ccccc1. The lowest BCUT2D eigenvalue weighted by Crippen LogP contribution is -2.35. The third-order valence-electron chi connectivity index (χ3n) is 3.03. The Labute approximate surface area is 138 Å². The molecule has 122 valence electrons. The van der Waals surface area contributed by atoms with E-state index >= 15 is 0 Å². The van der Waals surface area contributed by atoms with Crippen LogP contribution in [0.4, 0.5) is 4.39 Å². The zero-order valence-electron chi connectivity index (χ0n) is 12.0. The fraction of sp³-hybridized carbons (Fsp3) is 0.133. The first kappa shape index (κ1) is 17.4. The molecule has 1 N–H and O–H groups in total. The summed E-state index contributed by atoms with van der Waals surface area (Å²) in [5.41, 5.74) is 0.372. The van der Waals surface area contributed by atoms with Gasteiger partial charge in [0.05, 0.1) is 7.11 Å². The van der Waals surface area contributed by atoms with Crippen molar-refractivity contribution in [2.75, 3.05) is 7.11 Å². The predicted molar refractivity (Wildman–Crippen MR) is 82.9 cm³/mol. The summed E-state index contributed by atoms with van der Waals surface area (Å²) in [5, 5.41) is 0.0639. The molecule has 0 bridgehead atoms. The van der Waals surface area contributed by atoms with Gasteiger partial charge in [0.1, 0.15) is 16.8 Å². The Morgan fingerprint density at radius 3 is 2.43 bits per heavy atom. The summed E-state index contributed by atoms with van der Waals surface area (Å²) in [4.78, 5) is 11.3. The third kappa shape index (κ3) is 4.07. The summed E-state index contributed by atoms with van der Waals surface area (Å²) in [6.45, 7) is 0. The molecule has 2 aromatic rings.